The molecule has 0 aliphatic carbocycles. The van der Waals surface area contributed by atoms with Gasteiger partial charge in [0.2, 0.25) is 10.0 Å². The molecular formula is C14H22N2O3S. The molecule has 0 aromatic heterocycles. The van der Waals surface area contributed by atoms with Crippen molar-refractivity contribution >= 4 is 15.7 Å². The molecule has 6 heteroatoms. The van der Waals surface area contributed by atoms with Crippen molar-refractivity contribution in [1.82, 2.24) is 4.72 Å². The molecular weight excluding hydrogens is 276 g/mol. The second kappa shape index (κ2) is 6.56. The normalized spacial score (nSPS) is 19.9. The minimum absolute atomic E-state index is 0.0224. The predicted octanol–water partition coefficient (Wildman–Crippen LogP) is 1.68. The SMILES string of the molecule is CCc1ccc(S(=O)(=O)NCC2CCCCO2)cc1N. The number of benzene rings is 1. The summed E-state index contributed by atoms with van der Waals surface area (Å²) in [6.45, 7) is 3.01. The van der Waals surface area contributed by atoms with E-state index in [4.69, 9.17) is 10.5 Å². The smallest absolute Gasteiger partial charge is 0.240 e. The number of nitrogens with two attached hydrogens (primary N) is 1. The number of hydrogen-bond acceptors (Lipinski definition) is 4. The molecule has 1 aromatic rings. The quantitative estimate of drug-likeness (QED) is 0.810. The Morgan fingerprint density at radius 3 is 2.80 bits per heavy atom. The average molecular weight is 298 g/mol. The van der Waals surface area contributed by atoms with Crippen LogP contribution in [0.3, 0.4) is 0 Å². The zero-order chi connectivity index (χ0) is 14.6. The summed E-state index contributed by atoms with van der Waals surface area (Å²) in [6.07, 6.45) is 3.81. The molecule has 1 aromatic carbocycles. The first-order valence-electron chi connectivity index (χ1n) is 7.02. The highest BCUT2D eigenvalue weighted by atomic mass is 32.2. The number of hydrogen-bond donors (Lipinski definition) is 2. The van der Waals surface area contributed by atoms with Crippen LogP contribution in [-0.4, -0.2) is 27.7 Å². The van der Waals surface area contributed by atoms with Gasteiger partial charge < -0.3 is 10.5 Å². The Kier molecular flexibility index (Phi) is 5.01. The first-order valence-corrected chi connectivity index (χ1v) is 8.51. The zero-order valence-corrected chi connectivity index (χ0v) is 12.6. The summed E-state index contributed by atoms with van der Waals surface area (Å²) in [5, 5.41) is 0. The van der Waals surface area contributed by atoms with Gasteiger partial charge in [0.05, 0.1) is 11.0 Å². The molecule has 1 aliphatic heterocycles. The lowest BCUT2D eigenvalue weighted by molar-refractivity contribution is 0.0200. The molecule has 5 nitrogen and oxygen atoms in total. The largest absolute Gasteiger partial charge is 0.398 e. The van der Waals surface area contributed by atoms with Gasteiger partial charge in [0.15, 0.2) is 0 Å². The van der Waals surface area contributed by atoms with Crippen molar-refractivity contribution in [2.24, 2.45) is 0 Å². The van der Waals surface area contributed by atoms with E-state index in [0.717, 1.165) is 31.2 Å². The maximum absolute atomic E-state index is 12.2. The molecule has 1 saturated heterocycles. The van der Waals surface area contributed by atoms with Crippen molar-refractivity contribution in [3.63, 3.8) is 0 Å². The number of nitrogen functional groups attached to an aromatic ring is 1. The Morgan fingerprint density at radius 1 is 1.40 bits per heavy atom. The third kappa shape index (κ3) is 3.71. The van der Waals surface area contributed by atoms with E-state index in [0.29, 0.717) is 18.8 Å². The van der Waals surface area contributed by atoms with Gasteiger partial charge >= 0.3 is 0 Å². The van der Waals surface area contributed by atoms with Crippen LogP contribution in [0, 0.1) is 0 Å². The summed E-state index contributed by atoms with van der Waals surface area (Å²) < 4.78 is 32.5. The fraction of sp³-hybridized carbons (Fsp3) is 0.571. The molecule has 1 heterocycles. The van der Waals surface area contributed by atoms with Crippen LogP contribution in [0.25, 0.3) is 0 Å². The van der Waals surface area contributed by atoms with Crippen molar-refractivity contribution < 1.29 is 13.2 Å². The van der Waals surface area contributed by atoms with Gasteiger partial charge in [-0.3, -0.25) is 0 Å². The van der Waals surface area contributed by atoms with Crippen LogP contribution in [0.15, 0.2) is 23.1 Å². The van der Waals surface area contributed by atoms with Crippen LogP contribution < -0.4 is 10.5 Å². The minimum atomic E-state index is -3.52. The number of ether oxygens (including phenoxy) is 1. The second-order valence-corrected chi connectivity index (χ2v) is 6.82. The van der Waals surface area contributed by atoms with E-state index in [2.05, 4.69) is 4.72 Å². The van der Waals surface area contributed by atoms with Gasteiger partial charge in [0, 0.05) is 18.8 Å². The van der Waals surface area contributed by atoms with Gasteiger partial charge in [-0.15, -0.1) is 0 Å². The molecule has 112 valence electrons. The van der Waals surface area contributed by atoms with Gasteiger partial charge in [-0.25, -0.2) is 13.1 Å². The molecule has 2 rings (SSSR count). The summed E-state index contributed by atoms with van der Waals surface area (Å²) in [7, 11) is -3.52. The average Bonchev–Trinajstić information content (AvgIpc) is 2.46. The van der Waals surface area contributed by atoms with Crippen LogP contribution in [0.2, 0.25) is 0 Å². The highest BCUT2D eigenvalue weighted by Crippen LogP contribution is 2.19. The van der Waals surface area contributed by atoms with Crippen molar-refractivity contribution in [2.45, 2.75) is 43.6 Å². The lowest BCUT2D eigenvalue weighted by Gasteiger charge is -2.22. The Bertz CT molecular complexity index is 552. The molecule has 0 amide bonds. The van der Waals surface area contributed by atoms with E-state index in [1.54, 1.807) is 12.1 Å². The molecule has 0 saturated carbocycles. The molecule has 20 heavy (non-hydrogen) atoms. The lowest BCUT2D eigenvalue weighted by Crippen LogP contribution is -2.35. The Labute approximate surface area is 120 Å². The maximum Gasteiger partial charge on any atom is 0.240 e. The third-order valence-electron chi connectivity index (χ3n) is 3.58. The van der Waals surface area contributed by atoms with Crippen LogP contribution in [0.1, 0.15) is 31.7 Å². The fourth-order valence-corrected chi connectivity index (χ4v) is 3.42. The Morgan fingerprint density at radius 2 is 2.20 bits per heavy atom. The number of rotatable bonds is 5. The summed E-state index contributed by atoms with van der Waals surface area (Å²) in [4.78, 5) is 0.211. The molecule has 1 atom stereocenters. The zero-order valence-electron chi connectivity index (χ0n) is 11.8. The van der Waals surface area contributed by atoms with Crippen LogP contribution >= 0.6 is 0 Å². The molecule has 0 radical (unpaired) electrons. The standard InChI is InChI=1S/C14H22N2O3S/c1-2-11-6-7-13(9-14(11)15)20(17,18)16-10-12-5-3-4-8-19-12/h6-7,9,12,16H,2-5,8,10,15H2,1H3. The Hall–Kier alpha value is -1.11. The van der Waals surface area contributed by atoms with Crippen molar-refractivity contribution in [3.05, 3.63) is 23.8 Å². The molecule has 0 bridgehead atoms. The molecule has 1 unspecified atom stereocenters. The Balaban J connectivity index is 2.04. The summed E-state index contributed by atoms with van der Waals surface area (Å²) >= 11 is 0. The van der Waals surface area contributed by atoms with Gasteiger partial charge in [0.25, 0.3) is 0 Å². The van der Waals surface area contributed by atoms with Gasteiger partial charge in [-0.1, -0.05) is 13.0 Å². The van der Waals surface area contributed by atoms with Crippen molar-refractivity contribution in [2.75, 3.05) is 18.9 Å². The highest BCUT2D eigenvalue weighted by Gasteiger charge is 2.19. The van der Waals surface area contributed by atoms with E-state index in [1.165, 1.54) is 6.07 Å². The van der Waals surface area contributed by atoms with E-state index >= 15 is 0 Å². The summed E-state index contributed by atoms with van der Waals surface area (Å²) in [5.74, 6) is 0. The van der Waals surface area contributed by atoms with Gasteiger partial charge in [-0.2, -0.15) is 0 Å². The summed E-state index contributed by atoms with van der Waals surface area (Å²) in [6, 6.07) is 4.88. The summed E-state index contributed by atoms with van der Waals surface area (Å²) in [5.41, 5.74) is 7.33. The van der Waals surface area contributed by atoms with Gasteiger partial charge in [0.1, 0.15) is 0 Å². The molecule has 1 aliphatic rings. The van der Waals surface area contributed by atoms with Crippen LogP contribution in [-0.2, 0) is 21.2 Å². The fourth-order valence-electron chi connectivity index (χ4n) is 2.32. The van der Waals surface area contributed by atoms with E-state index in [1.807, 2.05) is 6.92 Å². The maximum atomic E-state index is 12.2. The first kappa shape index (κ1) is 15.3. The lowest BCUT2D eigenvalue weighted by atomic mass is 10.1. The van der Waals surface area contributed by atoms with Crippen molar-refractivity contribution in [3.8, 4) is 0 Å². The number of aryl methyl sites for hydroxylation is 1. The molecule has 3 N–H and O–H groups in total. The molecule has 1 fully saturated rings. The van der Waals surface area contributed by atoms with Crippen LogP contribution in [0.5, 0.6) is 0 Å². The monoisotopic (exact) mass is 298 g/mol. The number of nitrogens with one attached hydrogen (secondary N) is 1. The van der Waals surface area contributed by atoms with E-state index < -0.39 is 10.0 Å². The van der Waals surface area contributed by atoms with Crippen LogP contribution in [0.4, 0.5) is 5.69 Å². The third-order valence-corrected chi connectivity index (χ3v) is 5.00. The van der Waals surface area contributed by atoms with Crippen molar-refractivity contribution in [1.29, 1.82) is 0 Å². The number of anilines is 1. The topological polar surface area (TPSA) is 81.4 Å². The highest BCUT2D eigenvalue weighted by molar-refractivity contribution is 7.89. The second-order valence-electron chi connectivity index (χ2n) is 5.05. The molecule has 0 spiro atoms. The first-order chi connectivity index (χ1) is 9.53. The van der Waals surface area contributed by atoms with E-state index in [9.17, 15) is 8.42 Å². The minimum Gasteiger partial charge on any atom is -0.398 e. The number of sulfonamides is 1. The van der Waals surface area contributed by atoms with Gasteiger partial charge in [-0.05, 0) is 43.4 Å². The predicted molar refractivity (Wildman–Crippen MR) is 79.0 cm³/mol. The van der Waals surface area contributed by atoms with E-state index in [-0.39, 0.29) is 11.0 Å².